The summed E-state index contributed by atoms with van der Waals surface area (Å²) in [5, 5.41) is 0. The SMILES string of the molecule is Fc1ccc(C2CC=NC2)cc1. The van der Waals surface area contributed by atoms with E-state index < -0.39 is 0 Å². The van der Waals surface area contributed by atoms with Gasteiger partial charge in [-0.3, -0.25) is 4.99 Å². The normalized spacial score (nSPS) is 21.6. The van der Waals surface area contributed by atoms with Crippen molar-refractivity contribution in [1.29, 1.82) is 0 Å². The zero-order valence-electron chi connectivity index (χ0n) is 6.70. The van der Waals surface area contributed by atoms with Crippen molar-refractivity contribution in [3.63, 3.8) is 0 Å². The number of aliphatic imine (C=N–C) groups is 1. The minimum absolute atomic E-state index is 0.169. The highest BCUT2D eigenvalue weighted by molar-refractivity contribution is 5.61. The predicted octanol–water partition coefficient (Wildman–Crippen LogP) is 2.38. The van der Waals surface area contributed by atoms with Crippen LogP contribution in [-0.2, 0) is 0 Å². The van der Waals surface area contributed by atoms with Crippen LogP contribution in [0.2, 0.25) is 0 Å². The van der Waals surface area contributed by atoms with Crippen molar-refractivity contribution < 1.29 is 4.39 Å². The van der Waals surface area contributed by atoms with Gasteiger partial charge in [0, 0.05) is 12.5 Å². The van der Waals surface area contributed by atoms with Crippen molar-refractivity contribution in [3.05, 3.63) is 35.6 Å². The number of rotatable bonds is 1. The second kappa shape index (κ2) is 3.05. The second-order valence-electron chi connectivity index (χ2n) is 3.03. The molecule has 0 spiro atoms. The van der Waals surface area contributed by atoms with E-state index in [2.05, 4.69) is 4.99 Å². The number of benzene rings is 1. The molecule has 0 radical (unpaired) electrons. The fourth-order valence-corrected chi connectivity index (χ4v) is 1.45. The molecule has 0 aliphatic carbocycles. The first-order valence-corrected chi connectivity index (χ1v) is 4.10. The molecule has 0 amide bonds. The van der Waals surface area contributed by atoms with Crippen LogP contribution in [0.4, 0.5) is 4.39 Å². The summed E-state index contributed by atoms with van der Waals surface area (Å²) < 4.78 is 12.5. The Hall–Kier alpha value is -1.18. The first-order chi connectivity index (χ1) is 5.86. The van der Waals surface area contributed by atoms with Crippen molar-refractivity contribution in [2.24, 2.45) is 4.99 Å². The van der Waals surface area contributed by atoms with E-state index in [0.29, 0.717) is 5.92 Å². The Kier molecular flexibility index (Phi) is 1.90. The average molecular weight is 163 g/mol. The fraction of sp³-hybridized carbons (Fsp3) is 0.300. The van der Waals surface area contributed by atoms with E-state index in [1.165, 1.54) is 17.7 Å². The maximum atomic E-state index is 12.5. The topological polar surface area (TPSA) is 12.4 Å². The molecule has 0 saturated carbocycles. The Bertz CT molecular complexity index is 281. The molecule has 0 N–H and O–H groups in total. The van der Waals surface area contributed by atoms with Crippen LogP contribution in [0.15, 0.2) is 29.3 Å². The van der Waals surface area contributed by atoms with Gasteiger partial charge in [0.05, 0.1) is 0 Å². The zero-order valence-corrected chi connectivity index (χ0v) is 6.70. The van der Waals surface area contributed by atoms with Crippen molar-refractivity contribution >= 4 is 6.21 Å². The number of hydrogen-bond acceptors (Lipinski definition) is 1. The molecule has 1 nitrogen and oxygen atoms in total. The molecule has 1 aromatic carbocycles. The molecular formula is C10H10FN. The Morgan fingerprint density at radius 3 is 2.58 bits per heavy atom. The number of nitrogens with zero attached hydrogens (tertiary/aromatic N) is 1. The van der Waals surface area contributed by atoms with Crippen molar-refractivity contribution in [2.45, 2.75) is 12.3 Å². The molecule has 0 fully saturated rings. The Balaban J connectivity index is 2.18. The Labute approximate surface area is 70.9 Å². The second-order valence-corrected chi connectivity index (χ2v) is 3.03. The van der Waals surface area contributed by atoms with Gasteiger partial charge in [-0.25, -0.2) is 4.39 Å². The third kappa shape index (κ3) is 1.37. The van der Waals surface area contributed by atoms with Crippen LogP contribution in [0.3, 0.4) is 0 Å². The Morgan fingerprint density at radius 1 is 1.25 bits per heavy atom. The van der Waals surface area contributed by atoms with Gasteiger partial charge in [-0.15, -0.1) is 0 Å². The number of halogens is 1. The van der Waals surface area contributed by atoms with Crippen LogP contribution in [0.1, 0.15) is 17.9 Å². The van der Waals surface area contributed by atoms with Crippen molar-refractivity contribution in [3.8, 4) is 0 Å². The van der Waals surface area contributed by atoms with Gasteiger partial charge in [-0.05, 0) is 30.3 Å². The van der Waals surface area contributed by atoms with Gasteiger partial charge in [0.25, 0.3) is 0 Å². The van der Waals surface area contributed by atoms with Crippen molar-refractivity contribution in [2.75, 3.05) is 6.54 Å². The molecule has 1 aromatic rings. The quantitative estimate of drug-likeness (QED) is 0.602. The van der Waals surface area contributed by atoms with Crippen LogP contribution in [0, 0.1) is 5.82 Å². The number of hydrogen-bond donors (Lipinski definition) is 0. The Morgan fingerprint density at radius 2 is 2.00 bits per heavy atom. The molecule has 2 rings (SSSR count). The maximum Gasteiger partial charge on any atom is 0.123 e. The van der Waals surface area contributed by atoms with E-state index >= 15 is 0 Å². The summed E-state index contributed by atoms with van der Waals surface area (Å²) in [5.41, 5.74) is 1.19. The largest absolute Gasteiger partial charge is 0.297 e. The van der Waals surface area contributed by atoms with Crippen LogP contribution in [-0.4, -0.2) is 12.8 Å². The van der Waals surface area contributed by atoms with Crippen LogP contribution in [0.5, 0.6) is 0 Å². The maximum absolute atomic E-state index is 12.5. The molecule has 1 aliphatic heterocycles. The lowest BCUT2D eigenvalue weighted by molar-refractivity contribution is 0.625. The first-order valence-electron chi connectivity index (χ1n) is 4.10. The molecule has 1 unspecified atom stereocenters. The smallest absolute Gasteiger partial charge is 0.123 e. The molecule has 1 atom stereocenters. The monoisotopic (exact) mass is 163 g/mol. The van der Waals surface area contributed by atoms with Gasteiger partial charge < -0.3 is 0 Å². The van der Waals surface area contributed by atoms with Crippen LogP contribution in [0.25, 0.3) is 0 Å². The fourth-order valence-electron chi connectivity index (χ4n) is 1.45. The molecule has 0 aromatic heterocycles. The van der Waals surface area contributed by atoms with Gasteiger partial charge in [-0.2, -0.15) is 0 Å². The van der Waals surface area contributed by atoms with E-state index in [1.807, 2.05) is 18.3 Å². The lowest BCUT2D eigenvalue weighted by atomic mass is 9.98. The molecule has 62 valence electrons. The summed E-state index contributed by atoms with van der Waals surface area (Å²) in [6, 6.07) is 6.70. The summed E-state index contributed by atoms with van der Waals surface area (Å²) in [6.07, 6.45) is 2.93. The molecule has 2 heteroatoms. The standard InChI is InChI=1S/C10H10FN/c11-10-3-1-8(2-4-10)9-5-6-12-7-9/h1-4,6,9H,5,7H2. The van der Waals surface area contributed by atoms with Crippen LogP contribution >= 0.6 is 0 Å². The predicted molar refractivity (Wildman–Crippen MR) is 47.1 cm³/mol. The summed E-state index contributed by atoms with van der Waals surface area (Å²) in [6.45, 7) is 0.853. The highest BCUT2D eigenvalue weighted by Gasteiger charge is 2.12. The molecule has 1 aliphatic rings. The summed E-state index contributed by atoms with van der Waals surface area (Å²) in [4.78, 5) is 4.14. The minimum Gasteiger partial charge on any atom is -0.297 e. The van der Waals surface area contributed by atoms with Gasteiger partial charge in [0.2, 0.25) is 0 Å². The van der Waals surface area contributed by atoms with E-state index in [0.717, 1.165) is 13.0 Å². The third-order valence-electron chi connectivity index (χ3n) is 2.19. The average Bonchev–Trinajstić information content (AvgIpc) is 2.58. The zero-order chi connectivity index (χ0) is 8.39. The van der Waals surface area contributed by atoms with Crippen molar-refractivity contribution in [1.82, 2.24) is 0 Å². The van der Waals surface area contributed by atoms with Gasteiger partial charge >= 0.3 is 0 Å². The van der Waals surface area contributed by atoms with E-state index in [1.54, 1.807) is 0 Å². The van der Waals surface area contributed by atoms with E-state index in [9.17, 15) is 4.39 Å². The molecular weight excluding hydrogens is 153 g/mol. The molecule has 1 heterocycles. The lowest BCUT2D eigenvalue weighted by Gasteiger charge is -2.06. The van der Waals surface area contributed by atoms with E-state index in [-0.39, 0.29) is 5.82 Å². The minimum atomic E-state index is -0.169. The highest BCUT2D eigenvalue weighted by atomic mass is 19.1. The van der Waals surface area contributed by atoms with Gasteiger partial charge in [0.15, 0.2) is 0 Å². The molecule has 12 heavy (non-hydrogen) atoms. The van der Waals surface area contributed by atoms with E-state index in [4.69, 9.17) is 0 Å². The summed E-state index contributed by atoms with van der Waals surface area (Å²) >= 11 is 0. The first kappa shape index (κ1) is 7.47. The third-order valence-corrected chi connectivity index (χ3v) is 2.19. The van der Waals surface area contributed by atoms with Crippen LogP contribution < -0.4 is 0 Å². The highest BCUT2D eigenvalue weighted by Crippen LogP contribution is 2.22. The molecule has 0 bridgehead atoms. The summed E-state index contributed by atoms with van der Waals surface area (Å²) in [5.74, 6) is 0.309. The lowest BCUT2D eigenvalue weighted by Crippen LogP contribution is -1.97. The van der Waals surface area contributed by atoms with Gasteiger partial charge in [-0.1, -0.05) is 12.1 Å². The van der Waals surface area contributed by atoms with Gasteiger partial charge in [0.1, 0.15) is 5.82 Å². The summed E-state index contributed by atoms with van der Waals surface area (Å²) in [7, 11) is 0. The molecule has 0 saturated heterocycles.